The molecule has 2 fully saturated rings. The first-order chi connectivity index (χ1) is 8.25. The molecule has 1 N–H and O–H groups in total. The fourth-order valence-corrected chi connectivity index (χ4v) is 2.96. The number of carbonyl (C=O) groups excluding carboxylic acids is 1. The van der Waals surface area contributed by atoms with Gasteiger partial charge in [0.2, 0.25) is 0 Å². The van der Waals surface area contributed by atoms with Gasteiger partial charge in [-0.2, -0.15) is 5.10 Å². The molecule has 3 rings (SSSR count). The molecular weight excluding hydrogens is 216 g/mol. The first-order valence-corrected chi connectivity index (χ1v) is 6.26. The number of carbonyl (C=O) groups is 1. The highest BCUT2D eigenvalue weighted by Crippen LogP contribution is 2.25. The Morgan fingerprint density at radius 3 is 3.12 bits per heavy atom. The van der Waals surface area contributed by atoms with E-state index < -0.39 is 0 Å². The van der Waals surface area contributed by atoms with E-state index in [1.165, 1.54) is 12.8 Å². The molecule has 1 aromatic rings. The minimum atomic E-state index is 0.112. The zero-order chi connectivity index (χ0) is 11.8. The molecule has 2 aliphatic rings. The molecule has 0 saturated carbocycles. The number of aromatic nitrogens is 2. The Hall–Kier alpha value is -1.36. The molecule has 17 heavy (non-hydrogen) atoms. The molecule has 0 spiro atoms. The first-order valence-electron chi connectivity index (χ1n) is 6.26. The van der Waals surface area contributed by atoms with E-state index in [4.69, 9.17) is 0 Å². The van der Waals surface area contributed by atoms with Crippen molar-refractivity contribution in [2.45, 2.75) is 18.9 Å². The second-order valence-corrected chi connectivity index (χ2v) is 5.01. The van der Waals surface area contributed by atoms with Crippen LogP contribution in [0.15, 0.2) is 12.3 Å². The predicted octanol–water partition coefficient (Wildman–Crippen LogP) is 0.244. The van der Waals surface area contributed by atoms with Gasteiger partial charge in [-0.25, -0.2) is 0 Å². The number of rotatable bonds is 1. The Kier molecular flexibility index (Phi) is 2.63. The summed E-state index contributed by atoms with van der Waals surface area (Å²) in [6, 6.07) is 2.29. The summed E-state index contributed by atoms with van der Waals surface area (Å²) in [6.07, 6.45) is 4.15. The number of nitrogens with zero attached hydrogens (tertiary/aromatic N) is 3. The predicted molar refractivity (Wildman–Crippen MR) is 63.6 cm³/mol. The van der Waals surface area contributed by atoms with Crippen LogP contribution in [0.1, 0.15) is 23.3 Å². The summed E-state index contributed by atoms with van der Waals surface area (Å²) >= 11 is 0. The number of nitrogens with one attached hydrogen (secondary N) is 1. The summed E-state index contributed by atoms with van der Waals surface area (Å²) in [4.78, 5) is 14.3. The lowest BCUT2D eigenvalue weighted by Gasteiger charge is -2.24. The first kappa shape index (κ1) is 10.8. The van der Waals surface area contributed by atoms with Gasteiger partial charge in [0.15, 0.2) is 0 Å². The van der Waals surface area contributed by atoms with Gasteiger partial charge in [0.05, 0.1) is 0 Å². The molecule has 0 aromatic carbocycles. The zero-order valence-electron chi connectivity index (χ0n) is 10.1. The van der Waals surface area contributed by atoms with Crippen LogP contribution < -0.4 is 5.32 Å². The van der Waals surface area contributed by atoms with Gasteiger partial charge in [-0.1, -0.05) is 0 Å². The third kappa shape index (κ3) is 1.84. The van der Waals surface area contributed by atoms with Crippen LogP contribution in [0.4, 0.5) is 0 Å². The van der Waals surface area contributed by atoms with Gasteiger partial charge in [-0.3, -0.25) is 9.48 Å². The van der Waals surface area contributed by atoms with Crippen LogP contribution in [0.25, 0.3) is 0 Å². The van der Waals surface area contributed by atoms with E-state index in [0.717, 1.165) is 19.6 Å². The van der Waals surface area contributed by atoms with Crippen molar-refractivity contribution >= 4 is 5.91 Å². The zero-order valence-corrected chi connectivity index (χ0v) is 10.1. The van der Waals surface area contributed by atoms with E-state index in [-0.39, 0.29) is 5.91 Å². The van der Waals surface area contributed by atoms with Gasteiger partial charge in [-0.15, -0.1) is 0 Å². The average molecular weight is 234 g/mol. The number of hydrogen-bond donors (Lipinski definition) is 1. The highest BCUT2D eigenvalue weighted by molar-refractivity contribution is 5.92. The SMILES string of the molecule is Cn1nccc1C(=O)N1CC2CCCNC2C1. The molecule has 2 saturated heterocycles. The van der Waals surface area contributed by atoms with Gasteiger partial charge < -0.3 is 10.2 Å². The smallest absolute Gasteiger partial charge is 0.272 e. The summed E-state index contributed by atoms with van der Waals surface area (Å²) in [6.45, 7) is 2.82. The van der Waals surface area contributed by atoms with Crippen molar-refractivity contribution < 1.29 is 4.79 Å². The normalized spacial score (nSPS) is 28.2. The molecule has 0 bridgehead atoms. The molecule has 1 aromatic heterocycles. The number of aryl methyl sites for hydroxylation is 1. The van der Waals surface area contributed by atoms with Crippen molar-refractivity contribution in [2.75, 3.05) is 19.6 Å². The van der Waals surface area contributed by atoms with Crippen molar-refractivity contribution in [3.8, 4) is 0 Å². The second kappa shape index (κ2) is 4.14. The Labute approximate surface area is 101 Å². The van der Waals surface area contributed by atoms with Crippen molar-refractivity contribution in [3.05, 3.63) is 18.0 Å². The lowest BCUT2D eigenvalue weighted by molar-refractivity contribution is 0.0774. The number of piperidine rings is 1. The third-order valence-electron chi connectivity index (χ3n) is 3.93. The van der Waals surface area contributed by atoms with Crippen LogP contribution in [0, 0.1) is 5.92 Å². The number of hydrogen-bond acceptors (Lipinski definition) is 3. The van der Waals surface area contributed by atoms with Gasteiger partial charge in [0.1, 0.15) is 5.69 Å². The summed E-state index contributed by atoms with van der Waals surface area (Å²) < 4.78 is 1.65. The van der Waals surface area contributed by atoms with E-state index >= 15 is 0 Å². The standard InChI is InChI=1S/C12H18N4O/c1-15-11(4-6-14-15)12(17)16-7-9-3-2-5-13-10(9)8-16/h4,6,9-10,13H,2-3,5,7-8H2,1H3. The number of likely N-dealkylation sites (tertiary alicyclic amines) is 1. The minimum Gasteiger partial charge on any atom is -0.335 e. The van der Waals surface area contributed by atoms with Crippen LogP contribution in [0.2, 0.25) is 0 Å². The Balaban J connectivity index is 1.74. The summed E-state index contributed by atoms with van der Waals surface area (Å²) in [5.41, 5.74) is 0.684. The largest absolute Gasteiger partial charge is 0.335 e. The quantitative estimate of drug-likeness (QED) is 0.757. The van der Waals surface area contributed by atoms with Crippen molar-refractivity contribution in [2.24, 2.45) is 13.0 Å². The molecule has 3 heterocycles. The van der Waals surface area contributed by atoms with Crippen LogP contribution in [0.3, 0.4) is 0 Å². The van der Waals surface area contributed by atoms with Gasteiger partial charge >= 0.3 is 0 Å². The Morgan fingerprint density at radius 2 is 2.41 bits per heavy atom. The van der Waals surface area contributed by atoms with E-state index in [1.807, 2.05) is 11.9 Å². The van der Waals surface area contributed by atoms with E-state index in [1.54, 1.807) is 16.9 Å². The molecule has 2 atom stereocenters. The maximum absolute atomic E-state index is 12.3. The highest BCUT2D eigenvalue weighted by Gasteiger charge is 2.37. The molecule has 5 nitrogen and oxygen atoms in total. The molecular formula is C12H18N4O. The van der Waals surface area contributed by atoms with E-state index in [0.29, 0.717) is 17.7 Å². The summed E-state index contributed by atoms with van der Waals surface area (Å²) in [5, 5.41) is 7.56. The third-order valence-corrected chi connectivity index (χ3v) is 3.93. The Bertz CT molecular complexity index is 414. The van der Waals surface area contributed by atoms with Crippen LogP contribution in [0.5, 0.6) is 0 Å². The number of fused-ring (bicyclic) bond motifs is 1. The van der Waals surface area contributed by atoms with Crippen LogP contribution in [-0.2, 0) is 7.05 Å². The topological polar surface area (TPSA) is 50.2 Å². The monoisotopic (exact) mass is 234 g/mol. The molecule has 5 heteroatoms. The van der Waals surface area contributed by atoms with Crippen molar-refractivity contribution in [1.82, 2.24) is 20.0 Å². The maximum atomic E-state index is 12.3. The summed E-state index contributed by atoms with van der Waals surface area (Å²) in [5.74, 6) is 0.752. The van der Waals surface area contributed by atoms with E-state index in [9.17, 15) is 4.79 Å². The van der Waals surface area contributed by atoms with Crippen LogP contribution in [-0.4, -0.2) is 46.3 Å². The molecule has 2 aliphatic heterocycles. The van der Waals surface area contributed by atoms with Gasteiger partial charge in [0, 0.05) is 32.4 Å². The lowest BCUT2D eigenvalue weighted by Crippen LogP contribution is -2.41. The Morgan fingerprint density at radius 1 is 1.53 bits per heavy atom. The number of amides is 1. The molecule has 0 radical (unpaired) electrons. The van der Waals surface area contributed by atoms with Crippen LogP contribution >= 0.6 is 0 Å². The second-order valence-electron chi connectivity index (χ2n) is 5.01. The molecule has 2 unspecified atom stereocenters. The van der Waals surface area contributed by atoms with Gasteiger partial charge in [0.25, 0.3) is 5.91 Å². The lowest BCUT2D eigenvalue weighted by atomic mass is 9.94. The fourth-order valence-electron chi connectivity index (χ4n) is 2.96. The van der Waals surface area contributed by atoms with Crippen molar-refractivity contribution in [1.29, 1.82) is 0 Å². The minimum absolute atomic E-state index is 0.112. The molecule has 1 amide bonds. The van der Waals surface area contributed by atoms with Gasteiger partial charge in [-0.05, 0) is 31.4 Å². The highest BCUT2D eigenvalue weighted by atomic mass is 16.2. The average Bonchev–Trinajstić information content (AvgIpc) is 2.93. The molecule has 0 aliphatic carbocycles. The fraction of sp³-hybridized carbons (Fsp3) is 0.667. The summed E-state index contributed by atoms with van der Waals surface area (Å²) in [7, 11) is 1.81. The van der Waals surface area contributed by atoms with E-state index in [2.05, 4.69) is 10.4 Å². The van der Waals surface area contributed by atoms with Crippen molar-refractivity contribution in [3.63, 3.8) is 0 Å². The maximum Gasteiger partial charge on any atom is 0.272 e. The molecule has 92 valence electrons.